The van der Waals surface area contributed by atoms with E-state index in [1.54, 1.807) is 25.6 Å². The first-order chi connectivity index (χ1) is 15.3. The van der Waals surface area contributed by atoms with Crippen LogP contribution in [-0.2, 0) is 13.0 Å². The lowest BCUT2D eigenvalue weighted by Gasteiger charge is -2.37. The fourth-order valence-corrected chi connectivity index (χ4v) is 4.83. The molecule has 0 fully saturated rings. The van der Waals surface area contributed by atoms with E-state index in [4.69, 9.17) is 14.0 Å². The van der Waals surface area contributed by atoms with Gasteiger partial charge < -0.3 is 14.0 Å². The first-order valence-corrected chi connectivity index (χ1v) is 11.1. The maximum absolute atomic E-state index is 5.60. The van der Waals surface area contributed by atoms with Crippen molar-refractivity contribution in [3.8, 4) is 22.9 Å². The molecule has 0 radical (unpaired) electrons. The minimum absolute atomic E-state index is 0.0567. The van der Waals surface area contributed by atoms with Gasteiger partial charge in [-0.05, 0) is 46.7 Å². The fourth-order valence-electron chi connectivity index (χ4n) is 4.20. The minimum Gasteiger partial charge on any atom is -0.493 e. The van der Waals surface area contributed by atoms with Gasteiger partial charge in [0.2, 0.25) is 11.7 Å². The highest BCUT2D eigenvalue weighted by atomic mass is 32.1. The van der Waals surface area contributed by atoms with Crippen LogP contribution in [0.1, 0.15) is 28.6 Å². The van der Waals surface area contributed by atoms with E-state index in [0.29, 0.717) is 18.3 Å². The van der Waals surface area contributed by atoms with Crippen molar-refractivity contribution in [2.75, 3.05) is 20.8 Å². The molecule has 0 saturated carbocycles. The van der Waals surface area contributed by atoms with Gasteiger partial charge in [-0.25, -0.2) is 0 Å². The van der Waals surface area contributed by atoms with Gasteiger partial charge >= 0.3 is 0 Å². The number of thiophene rings is 1. The predicted octanol–water partition coefficient (Wildman–Crippen LogP) is 4.96. The maximum Gasteiger partial charge on any atom is 0.241 e. The highest BCUT2D eigenvalue weighted by Crippen LogP contribution is 2.41. The molecule has 6 nitrogen and oxygen atoms in total. The molecule has 5 rings (SSSR count). The Morgan fingerprint density at radius 1 is 1.10 bits per heavy atom. The second kappa shape index (κ2) is 8.53. The molecule has 1 atom stereocenters. The molecule has 1 aliphatic heterocycles. The van der Waals surface area contributed by atoms with Crippen molar-refractivity contribution < 1.29 is 14.0 Å². The van der Waals surface area contributed by atoms with Gasteiger partial charge in [0.1, 0.15) is 0 Å². The van der Waals surface area contributed by atoms with Crippen molar-refractivity contribution in [2.45, 2.75) is 19.0 Å². The molecule has 1 aliphatic rings. The monoisotopic (exact) mass is 433 g/mol. The highest BCUT2D eigenvalue weighted by Gasteiger charge is 2.31. The average Bonchev–Trinajstić information content (AvgIpc) is 3.51. The molecule has 4 aromatic rings. The zero-order valence-corrected chi connectivity index (χ0v) is 18.3. The van der Waals surface area contributed by atoms with Gasteiger partial charge in [0.15, 0.2) is 11.5 Å². The Morgan fingerprint density at radius 2 is 1.90 bits per heavy atom. The zero-order valence-electron chi connectivity index (χ0n) is 17.4. The van der Waals surface area contributed by atoms with Gasteiger partial charge in [-0.1, -0.05) is 35.5 Å². The number of hydrogen-bond acceptors (Lipinski definition) is 7. The highest BCUT2D eigenvalue weighted by molar-refractivity contribution is 7.08. The number of aromatic nitrogens is 2. The number of ether oxygens (including phenoxy) is 2. The van der Waals surface area contributed by atoms with Crippen LogP contribution in [0, 0.1) is 0 Å². The third-order valence-electron chi connectivity index (χ3n) is 5.67. The standard InChI is InChI=1S/C24H23N3O3S/c1-28-20-12-17-8-10-27(14-22-25-24(26-30-22)18-9-11-31-15-18)23(16-6-4-3-5-7-16)19(17)13-21(20)29-2/h3-7,9,11-13,15,23H,8,10,14H2,1-2H3/t23-/m1/s1. The van der Waals surface area contributed by atoms with Crippen LogP contribution in [0.25, 0.3) is 11.4 Å². The van der Waals surface area contributed by atoms with Crippen molar-refractivity contribution in [1.82, 2.24) is 15.0 Å². The fraction of sp³-hybridized carbons (Fsp3) is 0.250. The van der Waals surface area contributed by atoms with Crippen LogP contribution in [0.3, 0.4) is 0 Å². The summed E-state index contributed by atoms with van der Waals surface area (Å²) in [4.78, 5) is 7.02. The molecular weight excluding hydrogens is 410 g/mol. The van der Waals surface area contributed by atoms with E-state index in [9.17, 15) is 0 Å². The van der Waals surface area contributed by atoms with Gasteiger partial charge in [-0.15, -0.1) is 0 Å². The molecule has 0 aliphatic carbocycles. The lowest BCUT2D eigenvalue weighted by molar-refractivity contribution is 0.177. The van der Waals surface area contributed by atoms with Gasteiger partial charge in [-0.3, -0.25) is 4.90 Å². The predicted molar refractivity (Wildman–Crippen MR) is 120 cm³/mol. The van der Waals surface area contributed by atoms with Gasteiger partial charge in [0.05, 0.1) is 26.8 Å². The average molecular weight is 434 g/mol. The van der Waals surface area contributed by atoms with Crippen molar-refractivity contribution in [3.05, 3.63) is 81.9 Å². The van der Waals surface area contributed by atoms with Crippen LogP contribution < -0.4 is 9.47 Å². The van der Waals surface area contributed by atoms with E-state index in [1.165, 1.54) is 16.7 Å². The summed E-state index contributed by atoms with van der Waals surface area (Å²) in [5.41, 5.74) is 4.69. The molecule has 0 saturated heterocycles. The van der Waals surface area contributed by atoms with Crippen LogP contribution in [-0.4, -0.2) is 35.8 Å². The van der Waals surface area contributed by atoms with Crippen LogP contribution in [0.5, 0.6) is 11.5 Å². The second-order valence-electron chi connectivity index (χ2n) is 7.46. The molecule has 0 N–H and O–H groups in total. The number of nitrogens with zero attached hydrogens (tertiary/aromatic N) is 3. The van der Waals surface area contributed by atoms with Crippen molar-refractivity contribution in [3.63, 3.8) is 0 Å². The Kier molecular flexibility index (Phi) is 5.44. The van der Waals surface area contributed by atoms with E-state index in [-0.39, 0.29) is 6.04 Å². The molecule has 0 amide bonds. The summed E-state index contributed by atoms with van der Waals surface area (Å²) < 4.78 is 16.7. The van der Waals surface area contributed by atoms with E-state index >= 15 is 0 Å². The SMILES string of the molecule is COc1cc2c(cc1OC)[C@@H](c1ccccc1)N(Cc1nc(-c3ccsc3)no1)CC2. The van der Waals surface area contributed by atoms with Crippen molar-refractivity contribution >= 4 is 11.3 Å². The van der Waals surface area contributed by atoms with Crippen molar-refractivity contribution in [1.29, 1.82) is 0 Å². The summed E-state index contributed by atoms with van der Waals surface area (Å²) in [6.07, 6.45) is 0.907. The maximum atomic E-state index is 5.60. The summed E-state index contributed by atoms with van der Waals surface area (Å²) >= 11 is 1.62. The molecule has 158 valence electrons. The van der Waals surface area contributed by atoms with Gasteiger partial charge in [0.25, 0.3) is 0 Å². The quantitative estimate of drug-likeness (QED) is 0.428. The summed E-state index contributed by atoms with van der Waals surface area (Å²) in [5, 5.41) is 8.21. The van der Waals surface area contributed by atoms with E-state index in [2.05, 4.69) is 51.4 Å². The Morgan fingerprint density at radius 3 is 2.65 bits per heavy atom. The third-order valence-corrected chi connectivity index (χ3v) is 6.36. The van der Waals surface area contributed by atoms with Crippen molar-refractivity contribution in [2.24, 2.45) is 0 Å². The smallest absolute Gasteiger partial charge is 0.241 e. The molecule has 0 unspecified atom stereocenters. The molecule has 3 heterocycles. The molecule has 2 aromatic heterocycles. The summed E-state index contributed by atoms with van der Waals surface area (Å²) in [6.45, 7) is 1.45. The Bertz CT molecular complexity index is 1160. The topological polar surface area (TPSA) is 60.6 Å². The van der Waals surface area contributed by atoms with E-state index < -0.39 is 0 Å². The van der Waals surface area contributed by atoms with E-state index in [0.717, 1.165) is 30.0 Å². The molecular formula is C24H23N3O3S. The first kappa shape index (κ1) is 19.8. The lowest BCUT2D eigenvalue weighted by atomic mass is 9.87. The van der Waals surface area contributed by atoms with Crippen LogP contribution in [0.15, 0.2) is 63.8 Å². The molecule has 7 heteroatoms. The summed E-state index contributed by atoms with van der Waals surface area (Å²) in [5.74, 6) is 2.75. The molecule has 0 spiro atoms. The molecule has 31 heavy (non-hydrogen) atoms. The Hall–Kier alpha value is -3.16. The first-order valence-electron chi connectivity index (χ1n) is 10.2. The zero-order chi connectivity index (χ0) is 21.2. The number of fused-ring (bicyclic) bond motifs is 1. The van der Waals surface area contributed by atoms with E-state index in [1.807, 2.05) is 22.9 Å². The van der Waals surface area contributed by atoms with Crippen LogP contribution >= 0.6 is 11.3 Å². The number of hydrogen-bond donors (Lipinski definition) is 0. The number of rotatable bonds is 6. The summed E-state index contributed by atoms with van der Waals surface area (Å²) in [6, 6.07) is 16.8. The largest absolute Gasteiger partial charge is 0.493 e. The Labute approximate surface area is 185 Å². The molecule has 0 bridgehead atoms. The van der Waals surface area contributed by atoms with Gasteiger partial charge in [-0.2, -0.15) is 16.3 Å². The normalized spacial score (nSPS) is 16.1. The third kappa shape index (κ3) is 3.82. The van der Waals surface area contributed by atoms with Gasteiger partial charge in [0, 0.05) is 17.5 Å². The minimum atomic E-state index is 0.0567. The Balaban J connectivity index is 1.52. The molecule has 2 aromatic carbocycles. The van der Waals surface area contributed by atoms with Crippen LogP contribution in [0.2, 0.25) is 0 Å². The lowest BCUT2D eigenvalue weighted by Crippen LogP contribution is -2.35. The second-order valence-corrected chi connectivity index (χ2v) is 8.24. The number of methoxy groups -OCH3 is 2. The van der Waals surface area contributed by atoms with Crippen LogP contribution in [0.4, 0.5) is 0 Å². The summed E-state index contributed by atoms with van der Waals surface area (Å²) in [7, 11) is 3.35. The number of benzene rings is 2.